The Labute approximate surface area is 192 Å². The second-order valence-electron chi connectivity index (χ2n) is 7.33. The lowest BCUT2D eigenvalue weighted by Crippen LogP contribution is -2.71. The minimum atomic E-state index is -8.59. The van der Waals surface area contributed by atoms with Gasteiger partial charge < -0.3 is 4.74 Å². The lowest BCUT2D eigenvalue weighted by molar-refractivity contribution is -0.444. The van der Waals surface area contributed by atoms with Crippen molar-refractivity contribution in [1.29, 1.82) is 0 Å². The minimum absolute atomic E-state index is 0.559. The van der Waals surface area contributed by atoms with E-state index < -0.39 is 84.5 Å². The third-order valence-corrected chi connectivity index (χ3v) is 4.36. The van der Waals surface area contributed by atoms with Gasteiger partial charge in [0.2, 0.25) is 0 Å². The van der Waals surface area contributed by atoms with E-state index in [0.29, 0.717) is 0 Å². The summed E-state index contributed by atoms with van der Waals surface area (Å²) in [6.07, 6.45) is -15.4. The molecule has 0 aliphatic carbocycles. The van der Waals surface area contributed by atoms with Crippen molar-refractivity contribution in [1.82, 2.24) is 0 Å². The summed E-state index contributed by atoms with van der Waals surface area (Å²) in [5, 5.41) is 0. The van der Waals surface area contributed by atoms with Crippen LogP contribution in [0.3, 0.4) is 0 Å². The molecule has 0 aromatic carbocycles. The van der Waals surface area contributed by atoms with Crippen molar-refractivity contribution in [3.05, 3.63) is 12.2 Å². The van der Waals surface area contributed by atoms with Gasteiger partial charge in [-0.2, -0.15) is 83.4 Å². The number of hydrogen-bond acceptors (Lipinski definition) is 2. The third kappa shape index (κ3) is 5.68. The maximum atomic E-state index is 13.6. The number of hydrogen-bond donors (Lipinski definition) is 0. The first-order valence-corrected chi connectivity index (χ1v) is 8.70. The average Bonchev–Trinajstić information content (AvgIpc) is 2.64. The molecule has 220 valence electrons. The highest BCUT2D eigenvalue weighted by Crippen LogP contribution is 2.62. The van der Waals surface area contributed by atoms with Crippen LogP contribution in [-0.4, -0.2) is 66.1 Å². The topological polar surface area (TPSA) is 26.3 Å². The number of alkyl halides is 19. The Morgan fingerprint density at radius 2 is 0.919 bits per heavy atom. The Morgan fingerprint density at radius 1 is 0.568 bits per heavy atom. The zero-order valence-electron chi connectivity index (χ0n) is 17.3. The Kier molecular flexibility index (Phi) is 9.02. The van der Waals surface area contributed by atoms with E-state index >= 15 is 0 Å². The highest BCUT2D eigenvalue weighted by atomic mass is 19.4. The van der Waals surface area contributed by atoms with Crippen LogP contribution in [0.4, 0.5) is 83.4 Å². The fourth-order valence-corrected chi connectivity index (χ4v) is 2.12. The monoisotopic (exact) mass is 596 g/mol. The van der Waals surface area contributed by atoms with Crippen molar-refractivity contribution in [2.45, 2.75) is 73.3 Å². The summed E-state index contributed by atoms with van der Waals surface area (Å²) in [6, 6.07) is 0. The molecule has 0 fully saturated rings. The molecule has 37 heavy (non-hydrogen) atoms. The summed E-state index contributed by atoms with van der Waals surface area (Å²) in [6.45, 7) is 1.87. The molecule has 0 aromatic rings. The highest BCUT2D eigenvalue weighted by Gasteiger charge is 2.91. The van der Waals surface area contributed by atoms with E-state index in [4.69, 9.17) is 0 Å². The highest BCUT2D eigenvalue weighted by molar-refractivity contribution is 5.86. The van der Waals surface area contributed by atoms with Gasteiger partial charge in [-0.3, -0.25) is 0 Å². The van der Waals surface area contributed by atoms with E-state index in [1.807, 2.05) is 0 Å². The van der Waals surface area contributed by atoms with Gasteiger partial charge in [0.25, 0.3) is 0 Å². The molecule has 0 unspecified atom stereocenters. The smallest absolute Gasteiger partial charge is 0.460 e. The van der Waals surface area contributed by atoms with Crippen LogP contribution in [0.1, 0.15) is 19.8 Å². The molecule has 0 radical (unpaired) electrons. The molecule has 0 bridgehead atoms. The predicted molar refractivity (Wildman–Crippen MR) is 80.6 cm³/mol. The standard InChI is InChI=1S/C16H11F19O2/c1-6(2)7(36)37-4-3-8(17,18)11(23,24)9(19,20)5-10(21,22)12(25,26)13(27,28)14(29,30)15(31,32)16(33,34)35/h1,3-5H2,2H3. The average molecular weight is 596 g/mol. The summed E-state index contributed by atoms with van der Waals surface area (Å²) in [7, 11) is 0. The van der Waals surface area contributed by atoms with Crippen LogP contribution < -0.4 is 0 Å². The van der Waals surface area contributed by atoms with Crippen LogP contribution in [0.5, 0.6) is 0 Å². The quantitative estimate of drug-likeness (QED) is 0.132. The lowest BCUT2D eigenvalue weighted by Gasteiger charge is -2.41. The molecular weight excluding hydrogens is 585 g/mol. The number of ether oxygens (including phenoxy) is 1. The number of halogens is 19. The first-order valence-electron chi connectivity index (χ1n) is 8.70. The molecule has 0 saturated carbocycles. The van der Waals surface area contributed by atoms with Gasteiger partial charge in [0.05, 0.1) is 19.4 Å². The Morgan fingerprint density at radius 3 is 1.27 bits per heavy atom. The maximum Gasteiger partial charge on any atom is 0.460 e. The molecule has 0 aliphatic rings. The van der Waals surface area contributed by atoms with E-state index in [-0.39, 0.29) is 0 Å². The van der Waals surface area contributed by atoms with Gasteiger partial charge in [0, 0.05) is 5.57 Å². The van der Waals surface area contributed by atoms with Gasteiger partial charge in [-0.1, -0.05) is 6.58 Å². The minimum Gasteiger partial charge on any atom is -0.462 e. The fraction of sp³-hybridized carbons (Fsp3) is 0.812. The summed E-state index contributed by atoms with van der Waals surface area (Å²) < 4.78 is 254. The van der Waals surface area contributed by atoms with E-state index in [1.165, 1.54) is 0 Å². The predicted octanol–water partition coefficient (Wildman–Crippen LogP) is 7.53. The van der Waals surface area contributed by atoms with Crippen LogP contribution in [0.15, 0.2) is 12.2 Å². The van der Waals surface area contributed by atoms with Gasteiger partial charge in [-0.25, -0.2) is 4.79 Å². The number of carbonyl (C=O) groups excluding carboxylic acids is 1. The van der Waals surface area contributed by atoms with Gasteiger partial charge in [-0.15, -0.1) is 0 Å². The molecule has 0 aliphatic heterocycles. The maximum absolute atomic E-state index is 13.6. The normalized spacial score (nSPS) is 15.6. The molecule has 21 heteroatoms. The molecule has 0 atom stereocenters. The molecule has 0 saturated heterocycles. The van der Waals surface area contributed by atoms with E-state index in [1.54, 1.807) is 0 Å². The first kappa shape index (κ1) is 34.9. The van der Waals surface area contributed by atoms with Gasteiger partial charge in [-0.05, 0) is 6.92 Å². The molecule has 0 rings (SSSR count). The summed E-state index contributed by atoms with van der Waals surface area (Å²) >= 11 is 0. The van der Waals surface area contributed by atoms with E-state index in [0.717, 1.165) is 6.92 Å². The van der Waals surface area contributed by atoms with Crippen molar-refractivity contribution in [3.8, 4) is 0 Å². The lowest BCUT2D eigenvalue weighted by atomic mass is 9.88. The van der Waals surface area contributed by atoms with Crippen LogP contribution in [0, 0.1) is 0 Å². The number of rotatable bonds is 12. The third-order valence-electron chi connectivity index (χ3n) is 4.36. The second kappa shape index (κ2) is 9.57. The first-order chi connectivity index (χ1) is 15.8. The molecule has 0 spiro atoms. The Bertz CT molecular complexity index is 855. The number of esters is 1. The molecule has 0 amide bonds. The van der Waals surface area contributed by atoms with E-state index in [2.05, 4.69) is 11.3 Å². The molecule has 0 N–H and O–H groups in total. The molecule has 0 aromatic heterocycles. The Balaban J connectivity index is 6.28. The van der Waals surface area contributed by atoms with Crippen molar-refractivity contribution in [2.75, 3.05) is 6.61 Å². The Hall–Kier alpha value is -2.12. The van der Waals surface area contributed by atoms with Gasteiger partial charge in [0.1, 0.15) is 0 Å². The van der Waals surface area contributed by atoms with Gasteiger partial charge >= 0.3 is 59.5 Å². The fourth-order valence-electron chi connectivity index (χ4n) is 2.12. The summed E-state index contributed by atoms with van der Waals surface area (Å²) in [4.78, 5) is 10.9. The largest absolute Gasteiger partial charge is 0.462 e. The summed E-state index contributed by atoms with van der Waals surface area (Å²) in [5.41, 5.74) is -0.559. The van der Waals surface area contributed by atoms with Crippen LogP contribution in [0.25, 0.3) is 0 Å². The van der Waals surface area contributed by atoms with Crippen molar-refractivity contribution >= 4 is 5.97 Å². The van der Waals surface area contributed by atoms with Crippen molar-refractivity contribution < 1.29 is 92.9 Å². The SMILES string of the molecule is C=C(C)C(=O)OCCC(F)(F)C(F)(F)C(F)(F)CC(F)(F)C(F)(F)C(F)(F)C(F)(F)C(F)(F)C(F)(F)F. The number of carbonyl (C=O) groups is 1. The molecule has 2 nitrogen and oxygen atoms in total. The van der Waals surface area contributed by atoms with E-state index in [9.17, 15) is 88.2 Å². The molecular formula is C16H11F19O2. The van der Waals surface area contributed by atoms with Crippen LogP contribution in [0.2, 0.25) is 0 Å². The zero-order valence-corrected chi connectivity index (χ0v) is 17.3. The summed E-state index contributed by atoms with van der Waals surface area (Å²) in [5.74, 6) is -63.8. The van der Waals surface area contributed by atoms with Gasteiger partial charge in [0.15, 0.2) is 0 Å². The van der Waals surface area contributed by atoms with Crippen LogP contribution in [-0.2, 0) is 9.53 Å². The second-order valence-corrected chi connectivity index (χ2v) is 7.33. The van der Waals surface area contributed by atoms with Crippen molar-refractivity contribution in [2.24, 2.45) is 0 Å². The zero-order chi connectivity index (χ0) is 30.5. The van der Waals surface area contributed by atoms with Crippen molar-refractivity contribution in [3.63, 3.8) is 0 Å². The van der Waals surface area contributed by atoms with Crippen LogP contribution >= 0.6 is 0 Å². The molecule has 0 heterocycles.